The first kappa shape index (κ1) is 18.5. The lowest BCUT2D eigenvalue weighted by Gasteiger charge is -2.23. The van der Waals surface area contributed by atoms with Crippen molar-refractivity contribution in [3.8, 4) is 0 Å². The van der Waals surface area contributed by atoms with Crippen LogP contribution in [0.2, 0.25) is 0 Å². The zero-order valence-corrected chi connectivity index (χ0v) is 17.0. The number of hydrogen-bond donors (Lipinski definition) is 1. The van der Waals surface area contributed by atoms with E-state index in [1.807, 2.05) is 49.0 Å². The van der Waals surface area contributed by atoms with Crippen LogP contribution in [0.3, 0.4) is 0 Å². The minimum Gasteiger partial charge on any atom is -0.342 e. The number of benzene rings is 1. The van der Waals surface area contributed by atoms with E-state index < -0.39 is 0 Å². The van der Waals surface area contributed by atoms with Gasteiger partial charge in [0.15, 0.2) is 0 Å². The molecule has 0 spiro atoms. The van der Waals surface area contributed by atoms with Gasteiger partial charge in [-0.3, -0.25) is 9.48 Å². The van der Waals surface area contributed by atoms with Gasteiger partial charge >= 0.3 is 0 Å². The number of fused-ring (bicyclic) bond motifs is 2. The van der Waals surface area contributed by atoms with Crippen molar-refractivity contribution in [3.63, 3.8) is 0 Å². The number of carbonyl (C=O) groups excluding carboxylic acids is 1. The zero-order valence-electron chi connectivity index (χ0n) is 17.0. The van der Waals surface area contributed by atoms with Gasteiger partial charge < -0.3 is 5.32 Å². The lowest BCUT2D eigenvalue weighted by Crippen LogP contribution is -2.31. The van der Waals surface area contributed by atoms with Crippen LogP contribution >= 0.6 is 0 Å². The molecule has 0 unspecified atom stereocenters. The van der Waals surface area contributed by atoms with Crippen LogP contribution in [0.4, 0.5) is 0 Å². The Morgan fingerprint density at radius 2 is 2.03 bits per heavy atom. The number of hydrogen-bond acceptors (Lipinski definition) is 5. The number of aromatic nitrogens is 6. The average molecular weight is 401 g/mol. The van der Waals surface area contributed by atoms with E-state index in [0.29, 0.717) is 5.78 Å². The first-order chi connectivity index (χ1) is 14.6. The highest BCUT2D eigenvalue weighted by Crippen LogP contribution is 2.30. The highest BCUT2D eigenvalue weighted by molar-refractivity contribution is 5.91. The van der Waals surface area contributed by atoms with Gasteiger partial charge in [-0.1, -0.05) is 30.3 Å². The molecule has 0 bridgehead atoms. The third-order valence-corrected chi connectivity index (χ3v) is 5.56. The third kappa shape index (κ3) is 3.34. The van der Waals surface area contributed by atoms with E-state index in [0.717, 1.165) is 42.8 Å². The Hall–Kier alpha value is -3.55. The van der Waals surface area contributed by atoms with Gasteiger partial charge in [-0.15, -0.1) is 5.10 Å². The number of rotatable bonds is 4. The van der Waals surface area contributed by atoms with Crippen LogP contribution in [-0.4, -0.2) is 35.3 Å². The fourth-order valence-electron chi connectivity index (χ4n) is 4.15. The Morgan fingerprint density at radius 1 is 1.20 bits per heavy atom. The van der Waals surface area contributed by atoms with Gasteiger partial charge in [-0.25, -0.2) is 9.50 Å². The normalized spacial score (nSPS) is 15.9. The molecule has 0 radical (unpaired) electrons. The maximum atomic E-state index is 12.9. The smallest absolute Gasteiger partial charge is 0.291 e. The molecule has 5 rings (SSSR count). The Balaban J connectivity index is 1.38. The molecule has 152 valence electrons. The second-order valence-corrected chi connectivity index (χ2v) is 7.79. The molecule has 30 heavy (non-hydrogen) atoms. The molecule has 1 aliphatic rings. The minimum atomic E-state index is -0.286. The molecule has 0 aliphatic heterocycles. The molecule has 1 N–H and O–H groups in total. The van der Waals surface area contributed by atoms with Gasteiger partial charge in [-0.2, -0.15) is 10.1 Å². The van der Waals surface area contributed by atoms with Crippen molar-refractivity contribution in [1.82, 2.24) is 34.7 Å². The number of nitrogens with zero attached hydrogens (tertiary/aromatic N) is 6. The van der Waals surface area contributed by atoms with Gasteiger partial charge in [0.05, 0.1) is 18.8 Å². The number of aryl methyl sites for hydroxylation is 2. The van der Waals surface area contributed by atoms with Crippen molar-refractivity contribution in [1.29, 1.82) is 0 Å². The molecule has 1 aliphatic carbocycles. The predicted octanol–water partition coefficient (Wildman–Crippen LogP) is 2.79. The van der Waals surface area contributed by atoms with Crippen molar-refractivity contribution in [3.05, 3.63) is 76.6 Å². The molecule has 1 atom stereocenters. The molecular weight excluding hydrogens is 378 g/mol. The fraction of sp³-hybridized carbons (Fsp3) is 0.318. The van der Waals surface area contributed by atoms with Crippen LogP contribution in [-0.2, 0) is 13.0 Å². The van der Waals surface area contributed by atoms with Crippen LogP contribution in [0, 0.1) is 13.8 Å². The summed E-state index contributed by atoms with van der Waals surface area (Å²) < 4.78 is 3.65. The molecule has 1 amide bonds. The third-order valence-electron chi connectivity index (χ3n) is 5.56. The second kappa shape index (κ2) is 7.37. The lowest BCUT2D eigenvalue weighted by molar-refractivity contribution is 0.0922. The Morgan fingerprint density at radius 3 is 2.87 bits per heavy atom. The zero-order chi connectivity index (χ0) is 20.7. The van der Waals surface area contributed by atoms with E-state index >= 15 is 0 Å². The summed E-state index contributed by atoms with van der Waals surface area (Å²) in [5.41, 5.74) is 5.22. The summed E-state index contributed by atoms with van der Waals surface area (Å²) >= 11 is 0. The minimum absolute atomic E-state index is 0.0897. The summed E-state index contributed by atoms with van der Waals surface area (Å²) in [6, 6.07) is 12.1. The number of nitrogens with one attached hydrogen (secondary N) is 1. The van der Waals surface area contributed by atoms with E-state index in [1.54, 1.807) is 4.52 Å². The van der Waals surface area contributed by atoms with Crippen LogP contribution in [0.5, 0.6) is 0 Å². The molecule has 3 aromatic heterocycles. The van der Waals surface area contributed by atoms with Gasteiger partial charge in [0.2, 0.25) is 5.82 Å². The first-order valence-corrected chi connectivity index (χ1v) is 10.2. The second-order valence-electron chi connectivity index (χ2n) is 7.79. The Labute approximate surface area is 174 Å². The van der Waals surface area contributed by atoms with Crippen molar-refractivity contribution in [2.24, 2.45) is 0 Å². The number of carbonyl (C=O) groups is 1. The molecule has 3 heterocycles. The molecule has 8 heteroatoms. The first-order valence-electron chi connectivity index (χ1n) is 10.2. The van der Waals surface area contributed by atoms with E-state index in [-0.39, 0.29) is 17.8 Å². The number of amides is 1. The van der Waals surface area contributed by atoms with Crippen molar-refractivity contribution < 1.29 is 4.79 Å². The highest BCUT2D eigenvalue weighted by atomic mass is 16.2. The predicted molar refractivity (Wildman–Crippen MR) is 111 cm³/mol. The summed E-state index contributed by atoms with van der Waals surface area (Å²) in [5, 5.41) is 12.1. The van der Waals surface area contributed by atoms with Crippen LogP contribution in [0.25, 0.3) is 5.78 Å². The van der Waals surface area contributed by atoms with E-state index in [9.17, 15) is 4.79 Å². The summed E-state index contributed by atoms with van der Waals surface area (Å²) in [5.74, 6) is 0.295. The quantitative estimate of drug-likeness (QED) is 0.568. The average Bonchev–Trinajstić information content (AvgIpc) is 3.34. The van der Waals surface area contributed by atoms with Crippen LogP contribution in [0.1, 0.15) is 57.7 Å². The molecule has 1 aromatic carbocycles. The van der Waals surface area contributed by atoms with Gasteiger partial charge in [0, 0.05) is 22.6 Å². The summed E-state index contributed by atoms with van der Waals surface area (Å²) in [6.07, 6.45) is 4.72. The lowest BCUT2D eigenvalue weighted by atomic mass is 9.93. The standard InChI is InChI=1S/C22H23N7O/c1-14-11-15(2)29-22(24-14)26-20(27-29)21(30)25-18-9-6-10-19-17(18)12-23-28(19)13-16-7-4-3-5-8-16/h3-5,7-8,11-12,18H,6,9-10,13H2,1-2H3,(H,25,30)/t18-/m1/s1. The largest absolute Gasteiger partial charge is 0.342 e. The summed E-state index contributed by atoms with van der Waals surface area (Å²) in [6.45, 7) is 4.56. The van der Waals surface area contributed by atoms with Crippen molar-refractivity contribution in [2.75, 3.05) is 0 Å². The van der Waals surface area contributed by atoms with E-state index in [1.165, 1.54) is 11.3 Å². The molecule has 4 aromatic rings. The summed E-state index contributed by atoms with van der Waals surface area (Å²) in [7, 11) is 0. The maximum Gasteiger partial charge on any atom is 0.291 e. The summed E-state index contributed by atoms with van der Waals surface area (Å²) in [4.78, 5) is 21.6. The van der Waals surface area contributed by atoms with Crippen molar-refractivity contribution in [2.45, 2.75) is 45.7 Å². The van der Waals surface area contributed by atoms with E-state index in [2.05, 4.69) is 37.6 Å². The van der Waals surface area contributed by atoms with Gasteiger partial charge in [-0.05, 0) is 44.7 Å². The van der Waals surface area contributed by atoms with E-state index in [4.69, 9.17) is 0 Å². The molecular formula is C22H23N7O. The maximum absolute atomic E-state index is 12.9. The topological polar surface area (TPSA) is 90.0 Å². The van der Waals surface area contributed by atoms with Crippen LogP contribution in [0.15, 0.2) is 42.6 Å². The molecule has 8 nitrogen and oxygen atoms in total. The fourth-order valence-corrected chi connectivity index (χ4v) is 4.15. The Bertz CT molecular complexity index is 1230. The molecule has 0 saturated heterocycles. The highest BCUT2D eigenvalue weighted by Gasteiger charge is 2.27. The molecule has 0 fully saturated rings. The van der Waals surface area contributed by atoms with Crippen LogP contribution < -0.4 is 5.32 Å². The van der Waals surface area contributed by atoms with Crippen molar-refractivity contribution >= 4 is 11.7 Å². The van der Waals surface area contributed by atoms with Gasteiger partial charge in [0.1, 0.15) is 0 Å². The monoisotopic (exact) mass is 401 g/mol. The SMILES string of the molecule is Cc1cc(C)n2nc(C(=O)N[C@@H]3CCCc4c3cnn4Cc3ccccc3)nc2n1. The Kier molecular flexibility index (Phi) is 4.54. The van der Waals surface area contributed by atoms with Gasteiger partial charge in [0.25, 0.3) is 11.7 Å². The molecule has 0 saturated carbocycles.